The van der Waals surface area contributed by atoms with Crippen molar-refractivity contribution in [3.05, 3.63) is 70.6 Å². The number of nitrogens with zero attached hydrogens (tertiary/aromatic N) is 4. The van der Waals surface area contributed by atoms with E-state index in [2.05, 4.69) is 56.5 Å². The number of aryl methyl sites for hydroxylation is 2. The monoisotopic (exact) mass is 849 g/mol. The van der Waals surface area contributed by atoms with E-state index in [0.29, 0.717) is 13.1 Å². The van der Waals surface area contributed by atoms with E-state index >= 15 is 0 Å². The molecule has 4 aromatic rings. The quantitative estimate of drug-likeness (QED) is 0.0988. The van der Waals surface area contributed by atoms with Crippen molar-refractivity contribution in [2.75, 3.05) is 34.4 Å². The van der Waals surface area contributed by atoms with E-state index in [1.807, 2.05) is 43.7 Å². The number of fused-ring (bicyclic) bond motifs is 4. The summed E-state index contributed by atoms with van der Waals surface area (Å²) in [6.45, 7) is 8.91. The van der Waals surface area contributed by atoms with Gasteiger partial charge in [-0.3, -0.25) is 15.0 Å². The minimum absolute atomic E-state index is 0.0718. The van der Waals surface area contributed by atoms with Crippen LogP contribution in [-0.4, -0.2) is 100 Å². The first-order valence-corrected chi connectivity index (χ1v) is 21.9. The lowest BCUT2D eigenvalue weighted by atomic mass is 9.87. The van der Waals surface area contributed by atoms with Crippen LogP contribution in [0, 0.1) is 11.8 Å². The molecule has 2 aromatic heterocycles. The van der Waals surface area contributed by atoms with Gasteiger partial charge < -0.3 is 39.3 Å². The van der Waals surface area contributed by atoms with E-state index in [1.54, 1.807) is 7.11 Å². The molecule has 2 fully saturated rings. The van der Waals surface area contributed by atoms with Crippen LogP contribution in [0.3, 0.4) is 0 Å². The molecule has 2 aliphatic carbocycles. The highest BCUT2D eigenvalue weighted by Gasteiger charge is 2.40. The minimum Gasteiger partial charge on any atom is -0.453 e. The van der Waals surface area contributed by atoms with Crippen LogP contribution in [0.15, 0.2) is 36.5 Å². The number of hydrazine groups is 1. The molecule has 330 valence electrons. The fourth-order valence-corrected chi connectivity index (χ4v) is 9.94. The number of hydrogen-bond acceptors (Lipinski definition) is 10. The van der Waals surface area contributed by atoms with E-state index in [9.17, 15) is 19.2 Å². The number of aromatic nitrogens is 4. The van der Waals surface area contributed by atoms with Gasteiger partial charge in [-0.2, -0.15) is 0 Å². The van der Waals surface area contributed by atoms with E-state index in [-0.39, 0.29) is 41.8 Å². The number of likely N-dealkylation sites (tertiary alicyclic amines) is 2. The molecule has 4 aliphatic rings. The van der Waals surface area contributed by atoms with E-state index in [1.165, 1.54) is 30.9 Å². The van der Waals surface area contributed by atoms with Crippen LogP contribution in [-0.2, 0) is 43.1 Å². The summed E-state index contributed by atoms with van der Waals surface area (Å²) in [6.07, 6.45) is 7.20. The normalized spacial score (nSPS) is 20.2. The van der Waals surface area contributed by atoms with Crippen molar-refractivity contribution in [1.82, 2.24) is 45.9 Å². The molecule has 2 aliphatic heterocycles. The first-order valence-electron chi connectivity index (χ1n) is 21.9. The summed E-state index contributed by atoms with van der Waals surface area (Å²) in [5, 5.41) is 2.73. The Morgan fingerprint density at radius 2 is 1.42 bits per heavy atom. The maximum Gasteiger partial charge on any atom is 0.421 e. The summed E-state index contributed by atoms with van der Waals surface area (Å²) in [6, 6.07) is 9.30. The predicted octanol–water partition coefficient (Wildman–Crippen LogP) is 6.46. The van der Waals surface area contributed by atoms with Crippen LogP contribution in [0.2, 0.25) is 0 Å². The van der Waals surface area contributed by atoms with Crippen molar-refractivity contribution in [2.24, 2.45) is 11.8 Å². The second kappa shape index (κ2) is 17.9. The molecule has 62 heavy (non-hydrogen) atoms. The van der Waals surface area contributed by atoms with Gasteiger partial charge in [-0.25, -0.2) is 25.0 Å². The number of benzene rings is 2. The minimum atomic E-state index is -0.705. The SMILES string of the molecule is COC(=O)NNC(C(=O)N1CCC[C@H]1c1nc2c([nH]1)CCc1cc(-c3ccc(-c4cnc([C@@H]5CCCN5C(=O)[C@@H](NC(=O)OC)C(C)C)[nH]4)c4c3CCC4OC)ccc1-2)C(C)C. The van der Waals surface area contributed by atoms with Gasteiger partial charge in [0.1, 0.15) is 23.7 Å². The molecule has 0 saturated carbocycles. The molecule has 2 aromatic carbocycles. The van der Waals surface area contributed by atoms with Crippen molar-refractivity contribution in [1.29, 1.82) is 0 Å². The summed E-state index contributed by atoms with van der Waals surface area (Å²) in [5.41, 5.74) is 16.4. The van der Waals surface area contributed by atoms with E-state index in [0.717, 1.165) is 102 Å². The van der Waals surface area contributed by atoms with Crippen molar-refractivity contribution in [3.8, 4) is 33.6 Å². The van der Waals surface area contributed by atoms with Gasteiger partial charge in [-0.15, -0.1) is 0 Å². The number of nitrogens with one attached hydrogen (secondary N) is 5. The highest BCUT2D eigenvalue weighted by atomic mass is 16.5. The molecule has 2 unspecified atom stereocenters. The van der Waals surface area contributed by atoms with Crippen LogP contribution in [0.1, 0.15) is 112 Å². The number of carbonyl (C=O) groups excluding carboxylic acids is 4. The Kier molecular flexibility index (Phi) is 12.4. The Bertz CT molecular complexity index is 2340. The number of rotatable bonds is 12. The standard InChI is InChI=1S/C46H59N9O7/c1-24(2)38(51-45(58)61-6)43(56)54-20-8-10-34(54)41-47-23-33(49-41)31-16-15-28(30-17-19-36(60-5)37(30)31)26-12-14-29-27(22-26)13-18-32-40(29)50-42(48-32)35-11-9-21-55(35)44(57)39(25(3)4)52-53-46(59)62-7/h12,14-16,22-25,34-36,38-39,52H,8-11,13,17-21H2,1-7H3,(H,47,49)(H,48,50)(H,51,58)(H,53,59)/t34-,35-,36?,38-,39?/m0/s1. The zero-order chi connectivity index (χ0) is 43.8. The topological polar surface area (TPSA) is 196 Å². The van der Waals surface area contributed by atoms with Gasteiger partial charge in [0.25, 0.3) is 0 Å². The van der Waals surface area contributed by atoms with Gasteiger partial charge in [-0.05, 0) is 91.0 Å². The first kappa shape index (κ1) is 42.9. The molecule has 5 N–H and O–H groups in total. The van der Waals surface area contributed by atoms with Crippen LogP contribution in [0.25, 0.3) is 33.6 Å². The number of imidazole rings is 2. The first-order chi connectivity index (χ1) is 29.9. The van der Waals surface area contributed by atoms with Crippen molar-refractivity contribution < 1.29 is 33.4 Å². The molecule has 5 atom stereocenters. The predicted molar refractivity (Wildman–Crippen MR) is 231 cm³/mol. The van der Waals surface area contributed by atoms with Gasteiger partial charge in [-0.1, -0.05) is 58.0 Å². The van der Waals surface area contributed by atoms with Gasteiger partial charge in [0.15, 0.2) is 0 Å². The van der Waals surface area contributed by atoms with Crippen molar-refractivity contribution >= 4 is 24.0 Å². The molecule has 4 heterocycles. The molecule has 0 spiro atoms. The third-order valence-corrected chi connectivity index (χ3v) is 13.2. The largest absolute Gasteiger partial charge is 0.453 e. The Morgan fingerprint density at radius 1 is 0.758 bits per heavy atom. The molecule has 16 nitrogen and oxygen atoms in total. The molecule has 16 heteroatoms. The average Bonchev–Trinajstić information content (AvgIpc) is 4.13. The zero-order valence-corrected chi connectivity index (χ0v) is 36.7. The maximum absolute atomic E-state index is 13.9. The lowest BCUT2D eigenvalue weighted by Crippen LogP contribution is -2.55. The number of alkyl carbamates (subject to hydrolysis) is 1. The van der Waals surface area contributed by atoms with Gasteiger partial charge in [0.05, 0.1) is 50.0 Å². The van der Waals surface area contributed by atoms with Gasteiger partial charge in [0.2, 0.25) is 11.8 Å². The van der Waals surface area contributed by atoms with Crippen molar-refractivity contribution in [2.45, 2.75) is 109 Å². The Labute approximate surface area is 362 Å². The second-order valence-corrected chi connectivity index (χ2v) is 17.5. The number of aromatic amines is 2. The fraction of sp³-hybridized carbons (Fsp3) is 0.522. The summed E-state index contributed by atoms with van der Waals surface area (Å²) in [5.74, 6) is 1.11. The van der Waals surface area contributed by atoms with Crippen LogP contribution < -0.4 is 16.2 Å². The third kappa shape index (κ3) is 8.05. The number of hydrogen-bond donors (Lipinski definition) is 5. The van der Waals surface area contributed by atoms with Gasteiger partial charge >= 0.3 is 12.2 Å². The Hall–Kier alpha value is -5.74. The third-order valence-electron chi connectivity index (χ3n) is 13.2. The molecule has 4 amide bonds. The lowest BCUT2D eigenvalue weighted by Gasteiger charge is -2.30. The molecule has 8 rings (SSSR count). The lowest BCUT2D eigenvalue weighted by molar-refractivity contribution is -0.136. The number of methoxy groups -OCH3 is 3. The molecular weight excluding hydrogens is 791 g/mol. The number of amides is 4. The van der Waals surface area contributed by atoms with E-state index < -0.39 is 24.3 Å². The molecule has 0 bridgehead atoms. The average molecular weight is 850 g/mol. The van der Waals surface area contributed by atoms with Gasteiger partial charge in [0, 0.05) is 37.0 Å². The summed E-state index contributed by atoms with van der Waals surface area (Å²) >= 11 is 0. The number of carbonyl (C=O) groups is 4. The van der Waals surface area contributed by atoms with Crippen molar-refractivity contribution in [3.63, 3.8) is 0 Å². The number of H-pyrrole nitrogens is 2. The Morgan fingerprint density at radius 3 is 2.10 bits per heavy atom. The number of ether oxygens (including phenoxy) is 3. The van der Waals surface area contributed by atoms with E-state index in [4.69, 9.17) is 24.2 Å². The van der Waals surface area contributed by atoms with Crippen LogP contribution in [0.4, 0.5) is 9.59 Å². The Balaban J connectivity index is 1.04. The molecule has 0 radical (unpaired) electrons. The summed E-state index contributed by atoms with van der Waals surface area (Å²) in [4.78, 5) is 72.4. The second-order valence-electron chi connectivity index (χ2n) is 17.5. The van der Waals surface area contributed by atoms with Crippen LogP contribution in [0.5, 0.6) is 0 Å². The fourth-order valence-electron chi connectivity index (χ4n) is 9.94. The maximum atomic E-state index is 13.9. The zero-order valence-electron chi connectivity index (χ0n) is 36.7. The summed E-state index contributed by atoms with van der Waals surface area (Å²) in [7, 11) is 4.35. The highest BCUT2D eigenvalue weighted by Crippen LogP contribution is 2.46. The van der Waals surface area contributed by atoms with Crippen LogP contribution >= 0.6 is 0 Å². The summed E-state index contributed by atoms with van der Waals surface area (Å²) < 4.78 is 15.6. The molecular formula is C46H59N9O7. The highest BCUT2D eigenvalue weighted by molar-refractivity contribution is 5.87. The smallest absolute Gasteiger partial charge is 0.421 e. The molecule has 2 saturated heterocycles.